The van der Waals surface area contributed by atoms with E-state index in [1.807, 2.05) is 6.08 Å². The van der Waals surface area contributed by atoms with Gasteiger partial charge in [0.2, 0.25) is 0 Å². The minimum absolute atomic E-state index is 0.275. The number of rotatable bonds is 0. The topological polar surface area (TPSA) is 17.1 Å². The molecule has 4 rings (SSSR count). The van der Waals surface area contributed by atoms with Gasteiger partial charge in [0.15, 0.2) is 5.78 Å². The van der Waals surface area contributed by atoms with Crippen molar-refractivity contribution in [3.63, 3.8) is 0 Å². The van der Waals surface area contributed by atoms with E-state index in [-0.39, 0.29) is 5.92 Å². The zero-order chi connectivity index (χ0) is 11.4. The summed E-state index contributed by atoms with van der Waals surface area (Å²) in [4.78, 5) is 12.0. The van der Waals surface area contributed by atoms with Crippen molar-refractivity contribution in [2.24, 2.45) is 11.8 Å². The van der Waals surface area contributed by atoms with E-state index in [2.05, 4.69) is 42.5 Å². The first kappa shape index (κ1) is 9.17. The minimum Gasteiger partial charge on any atom is -0.294 e. The van der Waals surface area contributed by atoms with Gasteiger partial charge in [-0.15, -0.1) is 0 Å². The summed E-state index contributed by atoms with van der Waals surface area (Å²) in [7, 11) is 0. The highest BCUT2D eigenvalue weighted by Gasteiger charge is 2.40. The Hall–Kier alpha value is -1.89. The number of hydrogen-bond acceptors (Lipinski definition) is 1. The second kappa shape index (κ2) is 3.07. The monoisotopic (exact) mass is 220 g/mol. The number of ketones is 1. The molecule has 0 amide bonds. The fourth-order valence-electron chi connectivity index (χ4n) is 3.30. The van der Waals surface area contributed by atoms with Crippen LogP contribution in [0.15, 0.2) is 70.9 Å². The van der Waals surface area contributed by atoms with Crippen molar-refractivity contribution in [1.82, 2.24) is 0 Å². The molecular weight excluding hydrogens is 208 g/mol. The van der Waals surface area contributed by atoms with Gasteiger partial charge < -0.3 is 0 Å². The Morgan fingerprint density at radius 3 is 2.65 bits per heavy atom. The molecule has 82 valence electrons. The largest absolute Gasteiger partial charge is 0.294 e. The molecule has 1 heteroatoms. The van der Waals surface area contributed by atoms with Gasteiger partial charge in [0.05, 0.1) is 0 Å². The van der Waals surface area contributed by atoms with Gasteiger partial charge in [-0.2, -0.15) is 0 Å². The van der Waals surface area contributed by atoms with Gasteiger partial charge in [-0.05, 0) is 16.7 Å². The number of Topliss-reactive ketones (excluding diaryl/α,β-unsaturated/α-hetero) is 1. The van der Waals surface area contributed by atoms with E-state index in [0.29, 0.717) is 18.1 Å². The SMILES string of the molecule is O=C1CC=C2C=CC3=CC=CC4=CC=C1C2C34. The van der Waals surface area contributed by atoms with E-state index in [1.165, 1.54) is 16.7 Å². The van der Waals surface area contributed by atoms with Crippen LogP contribution in [0.5, 0.6) is 0 Å². The van der Waals surface area contributed by atoms with Crippen molar-refractivity contribution in [2.75, 3.05) is 0 Å². The van der Waals surface area contributed by atoms with Crippen LogP contribution < -0.4 is 0 Å². The lowest BCUT2D eigenvalue weighted by Gasteiger charge is -2.39. The summed E-state index contributed by atoms with van der Waals surface area (Å²) >= 11 is 0. The number of carbonyl (C=O) groups excluding carboxylic acids is 1. The van der Waals surface area contributed by atoms with E-state index in [4.69, 9.17) is 0 Å². The average molecular weight is 220 g/mol. The zero-order valence-electron chi connectivity index (χ0n) is 9.39. The lowest BCUT2D eigenvalue weighted by molar-refractivity contribution is -0.115. The number of carbonyl (C=O) groups is 1. The van der Waals surface area contributed by atoms with E-state index < -0.39 is 0 Å². The Labute approximate surface area is 100 Å². The van der Waals surface area contributed by atoms with Crippen LogP contribution in [0.1, 0.15) is 6.42 Å². The molecule has 0 saturated carbocycles. The normalized spacial score (nSPS) is 32.4. The van der Waals surface area contributed by atoms with Crippen molar-refractivity contribution in [3.8, 4) is 0 Å². The second-order valence-corrected chi connectivity index (χ2v) is 4.93. The van der Waals surface area contributed by atoms with E-state index in [9.17, 15) is 4.79 Å². The highest BCUT2D eigenvalue weighted by atomic mass is 16.1. The molecule has 17 heavy (non-hydrogen) atoms. The van der Waals surface area contributed by atoms with Gasteiger partial charge in [-0.1, -0.05) is 48.6 Å². The van der Waals surface area contributed by atoms with Crippen LogP contribution in [0.2, 0.25) is 0 Å². The van der Waals surface area contributed by atoms with Crippen molar-refractivity contribution in [2.45, 2.75) is 6.42 Å². The molecule has 0 aromatic heterocycles. The van der Waals surface area contributed by atoms with Crippen molar-refractivity contribution in [3.05, 3.63) is 70.9 Å². The minimum atomic E-state index is 0.275. The maximum Gasteiger partial charge on any atom is 0.163 e. The fraction of sp³-hybridized carbons (Fsp3) is 0.188. The molecule has 1 nitrogen and oxygen atoms in total. The molecule has 0 aromatic rings. The molecule has 0 radical (unpaired) electrons. The maximum absolute atomic E-state index is 12.0. The molecule has 2 unspecified atom stereocenters. The Morgan fingerprint density at radius 1 is 0.882 bits per heavy atom. The smallest absolute Gasteiger partial charge is 0.163 e. The average Bonchev–Trinajstić information content (AvgIpc) is 2.38. The lowest BCUT2D eigenvalue weighted by Crippen LogP contribution is -2.32. The molecule has 0 bridgehead atoms. The first-order chi connectivity index (χ1) is 8.34. The predicted molar refractivity (Wildman–Crippen MR) is 67.2 cm³/mol. The second-order valence-electron chi connectivity index (χ2n) is 4.93. The zero-order valence-corrected chi connectivity index (χ0v) is 9.39. The molecule has 0 N–H and O–H groups in total. The van der Waals surface area contributed by atoms with Crippen LogP contribution in [0.25, 0.3) is 0 Å². The van der Waals surface area contributed by atoms with Gasteiger partial charge in [0.25, 0.3) is 0 Å². The van der Waals surface area contributed by atoms with Gasteiger partial charge >= 0.3 is 0 Å². The lowest BCUT2D eigenvalue weighted by atomic mass is 9.63. The summed E-state index contributed by atoms with van der Waals surface area (Å²) < 4.78 is 0. The number of hydrogen-bond donors (Lipinski definition) is 0. The number of allylic oxidation sites excluding steroid dienone is 12. The predicted octanol–water partition coefficient (Wildman–Crippen LogP) is 3.05. The van der Waals surface area contributed by atoms with Crippen LogP contribution >= 0.6 is 0 Å². The highest BCUT2D eigenvalue weighted by molar-refractivity contribution is 6.00. The summed E-state index contributed by atoms with van der Waals surface area (Å²) in [5, 5.41) is 0. The molecule has 0 heterocycles. The summed E-state index contributed by atoms with van der Waals surface area (Å²) in [5.41, 5.74) is 4.99. The molecule has 0 saturated heterocycles. The standard InChI is InChI=1S/C16H12O/c17-14-9-7-12-5-4-10-2-1-3-11-6-8-13(14)16(12)15(10)11/h1-8,15-16H,9H2. The summed E-state index contributed by atoms with van der Waals surface area (Å²) in [6, 6.07) is 0. The molecular formula is C16H12O. The Morgan fingerprint density at radius 2 is 1.71 bits per heavy atom. The van der Waals surface area contributed by atoms with E-state index in [1.54, 1.807) is 0 Å². The van der Waals surface area contributed by atoms with Crippen LogP contribution in [0.4, 0.5) is 0 Å². The van der Waals surface area contributed by atoms with Gasteiger partial charge in [-0.3, -0.25) is 4.79 Å². The van der Waals surface area contributed by atoms with Gasteiger partial charge in [0.1, 0.15) is 0 Å². The molecule has 0 aromatic carbocycles. The van der Waals surface area contributed by atoms with Crippen LogP contribution in [-0.2, 0) is 4.79 Å². The molecule has 0 fully saturated rings. The van der Waals surface area contributed by atoms with Crippen molar-refractivity contribution in [1.29, 1.82) is 0 Å². The molecule has 4 aliphatic carbocycles. The molecule has 4 aliphatic rings. The molecule has 0 aliphatic heterocycles. The van der Waals surface area contributed by atoms with E-state index in [0.717, 1.165) is 5.57 Å². The van der Waals surface area contributed by atoms with Crippen molar-refractivity contribution >= 4 is 5.78 Å². The first-order valence-corrected chi connectivity index (χ1v) is 6.06. The molecule has 2 atom stereocenters. The van der Waals surface area contributed by atoms with Crippen LogP contribution in [-0.4, -0.2) is 5.78 Å². The summed E-state index contributed by atoms with van der Waals surface area (Å²) in [5.74, 6) is 0.941. The third-order valence-corrected chi connectivity index (χ3v) is 4.09. The van der Waals surface area contributed by atoms with Crippen LogP contribution in [0.3, 0.4) is 0 Å². The first-order valence-electron chi connectivity index (χ1n) is 6.06. The van der Waals surface area contributed by atoms with Gasteiger partial charge in [0, 0.05) is 23.8 Å². The Bertz CT molecular complexity index is 605. The molecule has 0 spiro atoms. The van der Waals surface area contributed by atoms with Gasteiger partial charge in [-0.25, -0.2) is 0 Å². The Kier molecular flexibility index (Phi) is 1.66. The quantitative estimate of drug-likeness (QED) is 0.613. The third kappa shape index (κ3) is 1.11. The summed E-state index contributed by atoms with van der Waals surface area (Å²) in [6.07, 6.45) is 17.6. The Balaban J connectivity index is 2.01. The van der Waals surface area contributed by atoms with Crippen molar-refractivity contribution < 1.29 is 4.79 Å². The third-order valence-electron chi connectivity index (χ3n) is 4.09. The van der Waals surface area contributed by atoms with Crippen LogP contribution in [0, 0.1) is 11.8 Å². The summed E-state index contributed by atoms with van der Waals surface area (Å²) in [6.45, 7) is 0. The fourth-order valence-corrected chi connectivity index (χ4v) is 3.30. The maximum atomic E-state index is 12.0. The van der Waals surface area contributed by atoms with E-state index >= 15 is 0 Å². The highest BCUT2D eigenvalue weighted by Crippen LogP contribution is 2.48.